The topological polar surface area (TPSA) is 129 Å². The third kappa shape index (κ3) is 6.55. The molecule has 5 heterocycles. The van der Waals surface area contributed by atoms with Gasteiger partial charge in [0.05, 0.1) is 13.2 Å². The molecule has 6 atom stereocenters. The van der Waals surface area contributed by atoms with E-state index in [9.17, 15) is 14.7 Å². The Morgan fingerprint density at radius 3 is 2.40 bits per heavy atom. The zero-order valence-electron chi connectivity index (χ0n) is 30.9. The van der Waals surface area contributed by atoms with Crippen LogP contribution in [0.1, 0.15) is 101 Å². The molecule has 0 amide bonds. The van der Waals surface area contributed by atoms with E-state index >= 15 is 0 Å². The van der Waals surface area contributed by atoms with Crippen LogP contribution in [0.15, 0.2) is 40.4 Å². The molecule has 9 nitrogen and oxygen atoms in total. The van der Waals surface area contributed by atoms with E-state index < -0.39 is 24.0 Å². The molecule has 0 aromatic carbocycles. The van der Waals surface area contributed by atoms with Gasteiger partial charge in [0.2, 0.25) is 0 Å². The summed E-state index contributed by atoms with van der Waals surface area (Å²) in [6.07, 6.45) is 9.34. The van der Waals surface area contributed by atoms with Crippen molar-refractivity contribution < 1.29 is 24.2 Å². The quantitative estimate of drug-likeness (QED) is 0.222. The number of hydrogen-bond acceptors (Lipinski definition) is 5. The molecule has 1 unspecified atom stereocenters. The van der Waals surface area contributed by atoms with Crippen molar-refractivity contribution in [2.75, 3.05) is 13.7 Å². The number of aliphatic hydroxyl groups excluding tert-OH is 1. The number of carbonyl (C=O) groups is 2. The van der Waals surface area contributed by atoms with E-state index in [0.717, 1.165) is 63.6 Å². The fourth-order valence-corrected chi connectivity index (χ4v) is 8.14. The van der Waals surface area contributed by atoms with E-state index in [-0.39, 0.29) is 59.8 Å². The molecule has 4 aliphatic rings. The Balaban J connectivity index is 0.00000486. The van der Waals surface area contributed by atoms with Gasteiger partial charge in [-0.2, -0.15) is 11.4 Å². The Morgan fingerprint density at radius 2 is 1.74 bits per heavy atom. The Kier molecular flexibility index (Phi) is 11.3. The summed E-state index contributed by atoms with van der Waals surface area (Å²) in [5, 5.41) is 23.6. The summed E-state index contributed by atoms with van der Waals surface area (Å²) in [4.78, 5) is 36.6. The molecule has 8 bridgehead atoms. The van der Waals surface area contributed by atoms with Gasteiger partial charge in [0.25, 0.3) is 0 Å². The van der Waals surface area contributed by atoms with Crippen molar-refractivity contribution in [2.24, 2.45) is 23.7 Å². The van der Waals surface area contributed by atoms with Crippen molar-refractivity contribution in [3.05, 3.63) is 95.4 Å². The monoisotopic (exact) mass is 688 g/mol. The Bertz CT molecular complexity index is 1940. The smallest absolute Gasteiger partial charge is 0.681 e. The number of nitrogens with zero attached hydrogens (tertiary/aromatic N) is 4. The number of aromatic nitrogens is 2. The maximum atomic E-state index is 13.5. The van der Waals surface area contributed by atoms with Crippen molar-refractivity contribution in [3.8, 4) is 0 Å². The Morgan fingerprint density at radius 1 is 1.00 bits per heavy atom. The average Bonchev–Trinajstić information content (AvgIpc) is 3.80. The molecular weight excluding hydrogens is 641 g/mol. The molecule has 262 valence electrons. The minimum atomic E-state index is -1.14. The van der Waals surface area contributed by atoms with Crippen LogP contribution in [0, 0.1) is 37.5 Å². The van der Waals surface area contributed by atoms with E-state index in [1.54, 1.807) is 0 Å². The van der Waals surface area contributed by atoms with Gasteiger partial charge in [0.15, 0.2) is 0 Å². The number of aliphatic hydroxyl groups is 1. The van der Waals surface area contributed by atoms with Gasteiger partial charge in [-0.1, -0.05) is 78.5 Å². The molecule has 1 N–H and O–H groups in total. The van der Waals surface area contributed by atoms with Gasteiger partial charge in [-0.3, -0.25) is 9.59 Å². The largest absolute Gasteiger partial charge is 2.00 e. The van der Waals surface area contributed by atoms with E-state index in [1.165, 1.54) is 12.7 Å². The summed E-state index contributed by atoms with van der Waals surface area (Å²) >= 11 is 0. The molecule has 10 heteroatoms. The molecule has 1 fully saturated rings. The molecule has 1 aliphatic carbocycles. The fraction of sp³-hybridized carbons (Fsp3) is 0.500. The van der Waals surface area contributed by atoms with Crippen LogP contribution in [0.5, 0.6) is 0 Å². The van der Waals surface area contributed by atoms with Gasteiger partial charge in [-0.25, -0.2) is 0 Å². The van der Waals surface area contributed by atoms with Crippen LogP contribution in [0.3, 0.4) is 0 Å². The van der Waals surface area contributed by atoms with Crippen LogP contribution in [-0.2, 0) is 25.5 Å². The van der Waals surface area contributed by atoms with Crippen molar-refractivity contribution >= 4 is 52.7 Å². The number of esters is 2. The molecule has 2 aromatic heterocycles. The first-order valence-corrected chi connectivity index (χ1v) is 17.6. The number of allylic oxidation sites excluding steroid dienone is 4. The zero-order chi connectivity index (χ0) is 35.3. The van der Waals surface area contributed by atoms with E-state index in [2.05, 4.69) is 46.8 Å². The molecule has 0 spiro atoms. The maximum Gasteiger partial charge on any atom is 2.00 e. The second-order valence-electron chi connectivity index (χ2n) is 14.1. The summed E-state index contributed by atoms with van der Waals surface area (Å²) in [5.41, 5.74) is 11.1. The summed E-state index contributed by atoms with van der Waals surface area (Å²) < 4.78 is 10.8. The third-order valence-electron chi connectivity index (χ3n) is 11.0. The summed E-state index contributed by atoms with van der Waals surface area (Å²) in [5.74, 6) is -1.85. The van der Waals surface area contributed by atoms with Gasteiger partial charge in [0.1, 0.15) is 12.5 Å². The van der Waals surface area contributed by atoms with E-state index in [0.29, 0.717) is 28.3 Å². The van der Waals surface area contributed by atoms with Crippen LogP contribution in [0.25, 0.3) is 28.4 Å². The fourth-order valence-electron chi connectivity index (χ4n) is 8.14. The van der Waals surface area contributed by atoms with Crippen LogP contribution in [0.2, 0.25) is 0 Å². The first-order valence-electron chi connectivity index (χ1n) is 17.6. The van der Waals surface area contributed by atoms with Crippen molar-refractivity contribution in [1.29, 1.82) is 0 Å². The first kappa shape index (κ1) is 37.8. The normalized spacial score (nSPS) is 27.6. The first-order chi connectivity index (χ1) is 23.4. The second-order valence-corrected chi connectivity index (χ2v) is 14.1. The van der Waals surface area contributed by atoms with Gasteiger partial charge in [0, 0.05) is 6.42 Å². The number of fused-ring (bicyclic) bond motifs is 8. The Hall–Kier alpha value is -3.47. The Labute approximate surface area is 311 Å². The number of methoxy groups -OCH3 is 1. The summed E-state index contributed by atoms with van der Waals surface area (Å²) in [7, 11) is 1.34. The predicted molar refractivity (Wildman–Crippen MR) is 196 cm³/mol. The van der Waals surface area contributed by atoms with E-state index in [4.69, 9.17) is 30.1 Å². The molecule has 1 saturated heterocycles. The number of rotatable bonds is 8. The number of ether oxygens (including phenoxy) is 2. The average molecular weight is 689 g/mol. The van der Waals surface area contributed by atoms with Crippen LogP contribution in [0.4, 0.5) is 0 Å². The van der Waals surface area contributed by atoms with Crippen molar-refractivity contribution in [1.82, 2.24) is 9.97 Å². The van der Waals surface area contributed by atoms with Crippen LogP contribution in [-0.4, -0.2) is 59.9 Å². The van der Waals surface area contributed by atoms with Gasteiger partial charge >= 0.3 is 35.0 Å². The van der Waals surface area contributed by atoms with Gasteiger partial charge in [-0.15, -0.1) is 27.8 Å². The minimum Gasteiger partial charge on any atom is -0.681 e. The van der Waals surface area contributed by atoms with Gasteiger partial charge in [-0.05, 0) is 83.3 Å². The van der Waals surface area contributed by atoms with Crippen molar-refractivity contribution in [3.63, 3.8) is 0 Å². The molecule has 3 aliphatic heterocycles. The summed E-state index contributed by atoms with van der Waals surface area (Å²) in [6.45, 7) is 16.8. The van der Waals surface area contributed by atoms with E-state index in [1.807, 2.05) is 32.9 Å². The minimum absolute atomic E-state index is 0. The van der Waals surface area contributed by atoms with Gasteiger partial charge < -0.3 is 35.2 Å². The molecular formula is C40H48MgN4O5-2. The number of hydrogen-bond donors (Lipinski definition) is 1. The van der Waals surface area contributed by atoms with Crippen LogP contribution < -0.4 is 20.7 Å². The van der Waals surface area contributed by atoms with Crippen LogP contribution >= 0.6 is 0 Å². The molecule has 50 heavy (non-hydrogen) atoms. The standard InChI is InChI=1S/C40H48N4O5.Mg/c1-10-24-20(5)27-16-29-22(7)26(12-13-33(45)49-15-14-19(3)4)37(43-29)35-36(40(47)48-9)39(46)34-23(8)30(44-38(34)35)18-32-25(11-2)21(6)28(42-32)17-31(24)41-27;/h14,16-18,22,24,26,36-37,39,46H,10-13,15H2,1-9H3;/q-4;+2/b29-16-,30-18-,31-17-;/t22-,24+,26-,36+,37?,39-;/m0./s1. The third-order valence-corrected chi connectivity index (χ3v) is 11.0. The molecule has 6 rings (SSSR count). The maximum absolute atomic E-state index is 13.5. The molecule has 2 aromatic rings. The molecule has 0 radical (unpaired) electrons. The SMILES string of the molecule is CCc1c2[n-]c(c1C)/C=C1\[N-]C(=C(C)[C@H]1CC)/C=C1\[N-]C(C3=c4[n-]/c(c(C)c4[C@H](O)[C@@H]3C(=O)OC)=C\2)[C@@H](CCC(=O)OCC=C(C)C)[C@@H]1C.[Mg+2]. The predicted octanol–water partition coefficient (Wildman–Crippen LogP) is 5.44. The second kappa shape index (κ2) is 15.0. The zero-order valence-corrected chi connectivity index (χ0v) is 32.3. The molecule has 0 saturated carbocycles. The summed E-state index contributed by atoms with van der Waals surface area (Å²) in [6, 6.07) is -0.515. The number of carbonyl (C=O) groups excluding carboxylic acids is 2. The van der Waals surface area contributed by atoms with Crippen molar-refractivity contribution in [2.45, 2.75) is 93.2 Å².